The Kier molecular flexibility index (Phi) is 6.92. The summed E-state index contributed by atoms with van der Waals surface area (Å²) in [5.41, 5.74) is 2.82. The second-order valence-electron chi connectivity index (χ2n) is 6.54. The van der Waals surface area contributed by atoms with Crippen LogP contribution in [0.4, 0.5) is 5.69 Å². The molecule has 2 aromatic rings. The Balaban J connectivity index is 2.08. The number of hydrogen-bond acceptors (Lipinski definition) is 3. The smallest absolute Gasteiger partial charge is 0.307 e. The van der Waals surface area contributed by atoms with Gasteiger partial charge in [0, 0.05) is 23.8 Å². The van der Waals surface area contributed by atoms with Gasteiger partial charge in [0.15, 0.2) is 0 Å². The molecule has 2 rings (SSSR count). The maximum Gasteiger partial charge on any atom is 0.307 e. The molecule has 0 bridgehead atoms. The number of para-hydroxylation sites is 1. The van der Waals surface area contributed by atoms with Crippen LogP contribution < -0.4 is 5.32 Å². The number of benzene rings is 2. The van der Waals surface area contributed by atoms with Crippen molar-refractivity contribution in [3.05, 3.63) is 65.2 Å². The van der Waals surface area contributed by atoms with Gasteiger partial charge in [-0.2, -0.15) is 0 Å². The zero-order valence-corrected chi connectivity index (χ0v) is 15.5. The maximum absolute atomic E-state index is 12.5. The fourth-order valence-electron chi connectivity index (χ4n) is 2.81. The Hall–Kier alpha value is -2.66. The molecule has 0 radical (unpaired) electrons. The van der Waals surface area contributed by atoms with Crippen molar-refractivity contribution < 1.29 is 14.7 Å². The number of amides is 1. The predicted molar refractivity (Wildman–Crippen MR) is 103 cm³/mol. The van der Waals surface area contributed by atoms with Crippen LogP contribution in [0.3, 0.4) is 0 Å². The lowest BCUT2D eigenvalue weighted by molar-refractivity contribution is -0.136. The van der Waals surface area contributed by atoms with Crippen LogP contribution in [0.2, 0.25) is 0 Å². The predicted octanol–water partition coefficient (Wildman–Crippen LogP) is 3.80. The highest BCUT2D eigenvalue weighted by Crippen LogP contribution is 2.17. The molecule has 0 atom stereocenters. The van der Waals surface area contributed by atoms with Crippen LogP contribution in [0.1, 0.15) is 42.3 Å². The lowest BCUT2D eigenvalue weighted by Crippen LogP contribution is -2.29. The third-order valence-corrected chi connectivity index (χ3v) is 4.35. The van der Waals surface area contributed by atoms with Crippen molar-refractivity contribution in [2.75, 3.05) is 11.9 Å². The fraction of sp³-hybridized carbons (Fsp3) is 0.333. The maximum atomic E-state index is 12.5. The minimum Gasteiger partial charge on any atom is -0.481 e. The van der Waals surface area contributed by atoms with Gasteiger partial charge in [-0.15, -0.1) is 0 Å². The number of nitrogens with zero attached hydrogens (tertiary/aromatic N) is 1. The zero-order valence-electron chi connectivity index (χ0n) is 15.5. The summed E-state index contributed by atoms with van der Waals surface area (Å²) in [5, 5.41) is 11.8. The van der Waals surface area contributed by atoms with Gasteiger partial charge in [0.05, 0.1) is 6.42 Å². The van der Waals surface area contributed by atoms with Gasteiger partial charge < -0.3 is 10.4 Å². The highest BCUT2D eigenvalue weighted by atomic mass is 16.4. The highest BCUT2D eigenvalue weighted by Gasteiger charge is 2.12. The first-order chi connectivity index (χ1) is 12.4. The normalized spacial score (nSPS) is 11.0. The molecule has 0 spiro atoms. The van der Waals surface area contributed by atoms with Crippen molar-refractivity contribution in [2.24, 2.45) is 0 Å². The minimum absolute atomic E-state index is 0.128. The molecule has 0 saturated carbocycles. The van der Waals surface area contributed by atoms with Crippen LogP contribution in [-0.2, 0) is 17.8 Å². The number of rotatable bonds is 8. The van der Waals surface area contributed by atoms with Crippen LogP contribution in [0.25, 0.3) is 0 Å². The van der Waals surface area contributed by atoms with E-state index in [9.17, 15) is 9.59 Å². The fourth-order valence-corrected chi connectivity index (χ4v) is 2.81. The summed E-state index contributed by atoms with van der Waals surface area (Å²) in [6.45, 7) is 8.29. The van der Waals surface area contributed by atoms with Gasteiger partial charge in [0.25, 0.3) is 5.91 Å². The Morgan fingerprint density at radius 3 is 2.31 bits per heavy atom. The molecular weight excluding hydrogens is 328 g/mol. The van der Waals surface area contributed by atoms with E-state index >= 15 is 0 Å². The van der Waals surface area contributed by atoms with E-state index in [4.69, 9.17) is 5.11 Å². The van der Waals surface area contributed by atoms with Crippen molar-refractivity contribution in [2.45, 2.75) is 39.8 Å². The van der Waals surface area contributed by atoms with Crippen LogP contribution in [0.5, 0.6) is 0 Å². The number of hydrogen-bond donors (Lipinski definition) is 2. The van der Waals surface area contributed by atoms with E-state index in [2.05, 4.69) is 31.0 Å². The average molecular weight is 354 g/mol. The first-order valence-corrected chi connectivity index (χ1v) is 8.84. The molecule has 0 fully saturated rings. The van der Waals surface area contributed by atoms with E-state index < -0.39 is 5.97 Å². The molecule has 138 valence electrons. The summed E-state index contributed by atoms with van der Waals surface area (Å²) < 4.78 is 0. The van der Waals surface area contributed by atoms with Crippen molar-refractivity contribution in [3.8, 4) is 0 Å². The summed E-state index contributed by atoms with van der Waals surface area (Å²) in [6, 6.07) is 15.0. The lowest BCUT2D eigenvalue weighted by atomic mass is 10.1. The van der Waals surface area contributed by atoms with Crippen LogP contribution in [0, 0.1) is 0 Å². The number of nitrogens with one attached hydrogen (secondary N) is 1. The van der Waals surface area contributed by atoms with Crippen molar-refractivity contribution in [3.63, 3.8) is 0 Å². The molecule has 0 saturated heterocycles. The first-order valence-electron chi connectivity index (χ1n) is 8.84. The number of carboxylic acid groups (broad SMARTS) is 1. The Morgan fingerprint density at radius 2 is 1.73 bits per heavy atom. The zero-order chi connectivity index (χ0) is 19.1. The number of aliphatic carboxylic acids is 1. The molecule has 0 aliphatic heterocycles. The third-order valence-electron chi connectivity index (χ3n) is 4.35. The average Bonchev–Trinajstić information content (AvgIpc) is 2.61. The molecule has 2 aromatic carbocycles. The SMILES string of the molecule is CCN(Cc1ccc(C(=O)Nc2ccccc2CC(=O)O)cc1)C(C)C. The number of anilines is 1. The van der Waals surface area contributed by atoms with Crippen molar-refractivity contribution in [1.82, 2.24) is 4.90 Å². The molecule has 0 heterocycles. The van der Waals surface area contributed by atoms with Crippen molar-refractivity contribution >= 4 is 17.6 Å². The van der Waals surface area contributed by atoms with E-state index in [0.717, 1.165) is 18.7 Å². The van der Waals surface area contributed by atoms with Crippen LogP contribution >= 0.6 is 0 Å². The topological polar surface area (TPSA) is 69.6 Å². The quantitative estimate of drug-likeness (QED) is 0.756. The second-order valence-corrected chi connectivity index (χ2v) is 6.54. The molecule has 0 aliphatic carbocycles. The van der Waals surface area contributed by atoms with Crippen molar-refractivity contribution in [1.29, 1.82) is 0 Å². The third kappa shape index (κ3) is 5.43. The summed E-state index contributed by atoms with van der Waals surface area (Å²) in [6.07, 6.45) is -0.128. The number of carbonyl (C=O) groups excluding carboxylic acids is 1. The van der Waals surface area contributed by atoms with E-state index in [1.54, 1.807) is 36.4 Å². The highest BCUT2D eigenvalue weighted by molar-refractivity contribution is 6.04. The Labute approximate surface area is 154 Å². The monoisotopic (exact) mass is 354 g/mol. The summed E-state index contributed by atoms with van der Waals surface area (Å²) in [7, 11) is 0. The van der Waals surface area contributed by atoms with Gasteiger partial charge in [-0.3, -0.25) is 14.5 Å². The van der Waals surface area contributed by atoms with Gasteiger partial charge in [0.1, 0.15) is 0 Å². The van der Waals surface area contributed by atoms with Gasteiger partial charge in [-0.25, -0.2) is 0 Å². The molecule has 0 unspecified atom stereocenters. The minimum atomic E-state index is -0.929. The first kappa shape index (κ1) is 19.7. The van der Waals surface area contributed by atoms with E-state index in [1.165, 1.54) is 0 Å². The molecule has 0 aromatic heterocycles. The molecule has 5 nitrogen and oxygen atoms in total. The summed E-state index contributed by atoms with van der Waals surface area (Å²) in [5.74, 6) is -1.17. The number of carboxylic acids is 1. The molecule has 26 heavy (non-hydrogen) atoms. The van der Waals surface area contributed by atoms with Gasteiger partial charge >= 0.3 is 5.97 Å². The molecule has 2 N–H and O–H groups in total. The Morgan fingerprint density at radius 1 is 1.08 bits per heavy atom. The summed E-state index contributed by atoms with van der Waals surface area (Å²) >= 11 is 0. The summed E-state index contributed by atoms with van der Waals surface area (Å²) in [4.78, 5) is 25.8. The second kappa shape index (κ2) is 9.15. The van der Waals surface area contributed by atoms with Crippen LogP contribution in [-0.4, -0.2) is 34.5 Å². The lowest BCUT2D eigenvalue weighted by Gasteiger charge is -2.24. The van der Waals surface area contributed by atoms with Gasteiger partial charge in [0.2, 0.25) is 0 Å². The van der Waals surface area contributed by atoms with E-state index in [-0.39, 0.29) is 12.3 Å². The molecule has 1 amide bonds. The molecule has 0 aliphatic rings. The molecule has 5 heteroatoms. The molecular formula is C21H26N2O3. The van der Waals surface area contributed by atoms with Gasteiger partial charge in [-0.05, 0) is 49.7 Å². The van der Waals surface area contributed by atoms with E-state index in [1.807, 2.05) is 12.1 Å². The largest absolute Gasteiger partial charge is 0.481 e. The van der Waals surface area contributed by atoms with E-state index in [0.29, 0.717) is 22.9 Å². The standard InChI is InChI=1S/C21H26N2O3/c1-4-23(15(2)3)14-16-9-11-17(12-10-16)21(26)22-19-8-6-5-7-18(19)13-20(24)25/h5-12,15H,4,13-14H2,1-3H3,(H,22,26)(H,24,25). The van der Waals surface area contributed by atoms with Gasteiger partial charge in [-0.1, -0.05) is 37.3 Å². The number of carbonyl (C=O) groups is 2. The van der Waals surface area contributed by atoms with Crippen LogP contribution in [0.15, 0.2) is 48.5 Å². The Bertz CT molecular complexity index is 754.